The van der Waals surface area contributed by atoms with E-state index in [1.807, 2.05) is 26.8 Å². The van der Waals surface area contributed by atoms with Crippen LogP contribution >= 0.6 is 0 Å². The Labute approximate surface area is 133 Å². The molecule has 0 bridgehead atoms. The zero-order valence-corrected chi connectivity index (χ0v) is 14.4. The maximum Gasteiger partial charge on any atom is 0.178 e. The quantitative estimate of drug-likeness (QED) is 0.804. The molecular weight excluding hydrogens is 300 g/mol. The number of sulfone groups is 1. The van der Waals surface area contributed by atoms with Crippen molar-refractivity contribution >= 4 is 9.84 Å². The summed E-state index contributed by atoms with van der Waals surface area (Å²) in [4.78, 5) is 0.367. The summed E-state index contributed by atoms with van der Waals surface area (Å²) in [5.74, 6) is -0.0697. The van der Waals surface area contributed by atoms with Crippen LogP contribution in [0.1, 0.15) is 40.0 Å². The van der Waals surface area contributed by atoms with Crippen molar-refractivity contribution in [2.75, 3.05) is 12.4 Å². The zero-order chi connectivity index (χ0) is 16.2. The van der Waals surface area contributed by atoms with Crippen LogP contribution in [0.3, 0.4) is 0 Å². The van der Waals surface area contributed by atoms with Crippen molar-refractivity contribution < 1.29 is 17.9 Å². The van der Waals surface area contributed by atoms with Crippen LogP contribution in [0.4, 0.5) is 0 Å². The average molecular weight is 326 g/mol. The summed E-state index contributed by atoms with van der Waals surface area (Å²) in [6.45, 7) is 6.52. The molecule has 22 heavy (non-hydrogen) atoms. The lowest BCUT2D eigenvalue weighted by Gasteiger charge is -2.36. The molecule has 0 radical (unpaired) electrons. The van der Waals surface area contributed by atoms with Gasteiger partial charge in [0.2, 0.25) is 0 Å². The molecule has 0 amide bonds. The fourth-order valence-electron chi connectivity index (χ4n) is 2.51. The van der Waals surface area contributed by atoms with Crippen LogP contribution in [0.2, 0.25) is 0 Å². The first kappa shape index (κ1) is 17.4. The van der Waals surface area contributed by atoms with Gasteiger partial charge in [-0.15, -0.1) is 0 Å². The second-order valence-electron chi connectivity index (χ2n) is 6.51. The van der Waals surface area contributed by atoms with Crippen molar-refractivity contribution in [3.8, 4) is 0 Å². The molecule has 2 rings (SSSR count). The summed E-state index contributed by atoms with van der Waals surface area (Å²) >= 11 is 0. The Morgan fingerprint density at radius 3 is 2.55 bits per heavy atom. The maximum absolute atomic E-state index is 12.5. The Bertz CT molecular complexity index is 560. The minimum atomic E-state index is -3.30. The molecule has 0 aliphatic carbocycles. The van der Waals surface area contributed by atoms with Gasteiger partial charge in [0, 0.05) is 6.61 Å². The Balaban J connectivity index is 2.01. The molecule has 1 aromatic rings. The molecule has 0 aromatic heterocycles. The molecule has 1 heterocycles. The summed E-state index contributed by atoms with van der Waals surface area (Å²) in [6, 6.07) is 8.58. The molecule has 124 valence electrons. The van der Waals surface area contributed by atoms with Crippen LogP contribution in [-0.2, 0) is 19.3 Å². The van der Waals surface area contributed by atoms with E-state index in [2.05, 4.69) is 0 Å². The topological polar surface area (TPSA) is 52.6 Å². The molecule has 1 aliphatic heterocycles. The fraction of sp³-hybridized carbons (Fsp3) is 0.647. The molecule has 0 spiro atoms. The first-order valence-corrected chi connectivity index (χ1v) is 9.54. The monoisotopic (exact) mass is 326 g/mol. The number of hydrogen-bond acceptors (Lipinski definition) is 4. The van der Waals surface area contributed by atoms with Crippen molar-refractivity contribution in [2.45, 2.75) is 56.8 Å². The smallest absolute Gasteiger partial charge is 0.178 e. The third kappa shape index (κ3) is 4.54. The molecule has 4 nitrogen and oxygen atoms in total. The molecule has 1 aliphatic rings. The summed E-state index contributed by atoms with van der Waals surface area (Å²) in [5.41, 5.74) is -0.552. The van der Waals surface area contributed by atoms with Crippen molar-refractivity contribution in [3.63, 3.8) is 0 Å². The number of ether oxygens (including phenoxy) is 2. The van der Waals surface area contributed by atoms with Gasteiger partial charge in [0.25, 0.3) is 0 Å². The Kier molecular flexibility index (Phi) is 5.64. The third-order valence-corrected chi connectivity index (χ3v) is 6.26. The van der Waals surface area contributed by atoms with Gasteiger partial charge in [-0.1, -0.05) is 25.1 Å². The lowest BCUT2D eigenvalue weighted by atomic mass is 9.94. The molecule has 1 saturated heterocycles. The van der Waals surface area contributed by atoms with Crippen LogP contribution in [0.15, 0.2) is 35.2 Å². The van der Waals surface area contributed by atoms with Gasteiger partial charge in [-0.2, -0.15) is 0 Å². The van der Waals surface area contributed by atoms with Gasteiger partial charge in [-0.3, -0.25) is 0 Å². The normalized spacial score (nSPS) is 21.5. The average Bonchev–Trinajstić information content (AvgIpc) is 2.48. The second kappa shape index (κ2) is 7.11. The summed E-state index contributed by atoms with van der Waals surface area (Å²) in [7, 11) is -3.30. The van der Waals surface area contributed by atoms with E-state index in [1.54, 1.807) is 24.3 Å². The number of hydrogen-bond donors (Lipinski definition) is 0. The van der Waals surface area contributed by atoms with E-state index in [1.165, 1.54) is 0 Å². The molecule has 1 aromatic carbocycles. The molecular formula is C17H26O4S. The molecule has 2 atom stereocenters. The largest absolute Gasteiger partial charge is 0.353 e. The van der Waals surface area contributed by atoms with Crippen LogP contribution in [0, 0.1) is 5.92 Å². The Morgan fingerprint density at radius 2 is 1.95 bits per heavy atom. The van der Waals surface area contributed by atoms with Crippen molar-refractivity contribution in [1.29, 1.82) is 0 Å². The van der Waals surface area contributed by atoms with Crippen LogP contribution in [0.5, 0.6) is 0 Å². The first-order valence-electron chi connectivity index (χ1n) is 7.88. The van der Waals surface area contributed by atoms with Gasteiger partial charge in [0.15, 0.2) is 16.1 Å². The molecule has 5 heteroatoms. The van der Waals surface area contributed by atoms with E-state index in [-0.39, 0.29) is 18.0 Å². The van der Waals surface area contributed by atoms with Crippen molar-refractivity contribution in [2.24, 2.45) is 5.92 Å². The molecule has 1 fully saturated rings. The Hall–Kier alpha value is -0.910. The fourth-order valence-corrected chi connectivity index (χ4v) is 4.34. The van der Waals surface area contributed by atoms with Gasteiger partial charge in [0.1, 0.15) is 0 Å². The van der Waals surface area contributed by atoms with Gasteiger partial charge < -0.3 is 9.47 Å². The zero-order valence-electron chi connectivity index (χ0n) is 13.6. The van der Waals surface area contributed by atoms with Crippen molar-refractivity contribution in [3.05, 3.63) is 30.3 Å². The van der Waals surface area contributed by atoms with Crippen LogP contribution in [-0.4, -0.2) is 32.7 Å². The highest BCUT2D eigenvalue weighted by molar-refractivity contribution is 7.91. The highest BCUT2D eigenvalue weighted by Crippen LogP contribution is 2.29. The van der Waals surface area contributed by atoms with Crippen molar-refractivity contribution in [1.82, 2.24) is 0 Å². The predicted octanol–water partition coefficient (Wildman–Crippen LogP) is 3.42. The highest BCUT2D eigenvalue weighted by atomic mass is 32.2. The SMILES string of the molecule is C[C@@H](CS(=O)(=O)c1ccccc1)C(C)(C)OC1CCCCO1. The van der Waals surface area contributed by atoms with E-state index in [0.717, 1.165) is 25.9 Å². The highest BCUT2D eigenvalue weighted by Gasteiger charge is 2.34. The van der Waals surface area contributed by atoms with E-state index in [4.69, 9.17) is 9.47 Å². The molecule has 0 N–H and O–H groups in total. The summed E-state index contributed by atoms with van der Waals surface area (Å²) in [6.07, 6.45) is 2.82. The molecule has 0 saturated carbocycles. The van der Waals surface area contributed by atoms with E-state index in [9.17, 15) is 8.42 Å². The van der Waals surface area contributed by atoms with E-state index >= 15 is 0 Å². The lowest BCUT2D eigenvalue weighted by Crippen LogP contribution is -2.41. The van der Waals surface area contributed by atoms with Crippen LogP contribution in [0.25, 0.3) is 0 Å². The number of benzene rings is 1. The van der Waals surface area contributed by atoms with Gasteiger partial charge in [-0.25, -0.2) is 8.42 Å². The van der Waals surface area contributed by atoms with Gasteiger partial charge >= 0.3 is 0 Å². The summed E-state index contributed by atoms with van der Waals surface area (Å²) < 4.78 is 36.6. The van der Waals surface area contributed by atoms with Gasteiger partial charge in [0.05, 0.1) is 16.2 Å². The van der Waals surface area contributed by atoms with E-state index in [0.29, 0.717) is 4.90 Å². The summed E-state index contributed by atoms with van der Waals surface area (Å²) in [5, 5.41) is 0. The standard InChI is InChI=1S/C17H26O4S/c1-14(13-22(18,19)15-9-5-4-6-10-15)17(2,3)21-16-11-7-8-12-20-16/h4-6,9-10,14,16H,7-8,11-13H2,1-3H3/t14-,16?/m0/s1. The second-order valence-corrected chi connectivity index (χ2v) is 8.55. The number of rotatable bonds is 6. The third-order valence-electron chi connectivity index (χ3n) is 4.33. The van der Waals surface area contributed by atoms with Crippen LogP contribution < -0.4 is 0 Å². The molecule has 1 unspecified atom stereocenters. The Morgan fingerprint density at radius 1 is 1.27 bits per heavy atom. The van der Waals surface area contributed by atoms with Gasteiger partial charge in [-0.05, 0) is 51.2 Å². The first-order chi connectivity index (χ1) is 10.3. The minimum absolute atomic E-state index is 0.0662. The minimum Gasteiger partial charge on any atom is -0.353 e. The maximum atomic E-state index is 12.5. The van der Waals surface area contributed by atoms with E-state index < -0.39 is 15.4 Å². The lowest BCUT2D eigenvalue weighted by molar-refractivity contribution is -0.225. The predicted molar refractivity (Wildman–Crippen MR) is 86.4 cm³/mol.